The Hall–Kier alpha value is -1.62. The van der Waals surface area contributed by atoms with Gasteiger partial charge < -0.3 is 5.32 Å². The first-order chi connectivity index (χ1) is 9.47. The number of halogens is 1. The second-order valence-corrected chi connectivity index (χ2v) is 5.82. The first-order valence-corrected chi connectivity index (χ1v) is 7.07. The third kappa shape index (κ3) is 3.48. The minimum absolute atomic E-state index is 0.0165. The van der Waals surface area contributed by atoms with Crippen molar-refractivity contribution in [2.75, 3.05) is 6.54 Å². The highest BCUT2D eigenvalue weighted by Crippen LogP contribution is 2.30. The summed E-state index contributed by atoms with van der Waals surface area (Å²) in [6, 6.07) is 4.03. The van der Waals surface area contributed by atoms with Crippen LogP contribution in [-0.4, -0.2) is 17.4 Å². The van der Waals surface area contributed by atoms with E-state index >= 15 is 0 Å². The highest BCUT2D eigenvalue weighted by molar-refractivity contribution is 6.33. The van der Waals surface area contributed by atoms with Gasteiger partial charge >= 0.3 is 0 Å². The zero-order chi connectivity index (χ0) is 14.7. The van der Waals surface area contributed by atoms with Crippen molar-refractivity contribution < 1.29 is 9.72 Å². The molecule has 0 aromatic heterocycles. The largest absolute Gasteiger partial charge is 0.352 e. The fraction of sp³-hybridized carbons (Fsp3) is 0.500. The van der Waals surface area contributed by atoms with Crippen LogP contribution < -0.4 is 5.32 Å². The Morgan fingerprint density at radius 2 is 2.25 bits per heavy atom. The summed E-state index contributed by atoms with van der Waals surface area (Å²) in [5, 5.41) is 13.5. The molecule has 1 aliphatic rings. The van der Waals surface area contributed by atoms with Crippen molar-refractivity contribution in [2.24, 2.45) is 11.8 Å². The molecule has 0 aliphatic heterocycles. The molecule has 6 heteroatoms. The number of nitro benzene ring substituents is 1. The molecule has 5 nitrogen and oxygen atoms in total. The smallest absolute Gasteiger partial charge is 0.287 e. The number of nitrogens with zero attached hydrogens (tertiary/aromatic N) is 1. The highest BCUT2D eigenvalue weighted by Gasteiger charge is 2.22. The summed E-state index contributed by atoms with van der Waals surface area (Å²) in [4.78, 5) is 22.1. The Morgan fingerprint density at radius 1 is 1.50 bits per heavy atom. The zero-order valence-corrected chi connectivity index (χ0v) is 12.0. The molecule has 1 N–H and O–H groups in total. The Bertz CT molecular complexity index is 533. The molecule has 0 heterocycles. The van der Waals surface area contributed by atoms with E-state index in [1.165, 1.54) is 24.6 Å². The van der Waals surface area contributed by atoms with Gasteiger partial charge in [0.25, 0.3) is 11.6 Å². The van der Waals surface area contributed by atoms with Crippen LogP contribution in [0, 0.1) is 22.0 Å². The highest BCUT2D eigenvalue weighted by atomic mass is 35.5. The van der Waals surface area contributed by atoms with Crippen LogP contribution >= 0.6 is 11.6 Å². The molecule has 2 rings (SSSR count). The average molecular weight is 297 g/mol. The van der Waals surface area contributed by atoms with Crippen molar-refractivity contribution in [1.82, 2.24) is 5.32 Å². The van der Waals surface area contributed by atoms with E-state index in [4.69, 9.17) is 11.6 Å². The van der Waals surface area contributed by atoms with Crippen LogP contribution in [0.4, 0.5) is 5.69 Å². The van der Waals surface area contributed by atoms with Crippen LogP contribution in [0.25, 0.3) is 0 Å². The molecular weight excluding hydrogens is 280 g/mol. The summed E-state index contributed by atoms with van der Waals surface area (Å²) in [5.74, 6) is 1.02. The number of benzene rings is 1. The minimum atomic E-state index is -0.566. The van der Waals surface area contributed by atoms with Crippen LogP contribution in [0.3, 0.4) is 0 Å². The maximum absolute atomic E-state index is 12.0. The van der Waals surface area contributed by atoms with Crippen molar-refractivity contribution in [3.8, 4) is 0 Å². The van der Waals surface area contributed by atoms with E-state index < -0.39 is 4.92 Å². The number of carbonyl (C=O) groups excluding carboxylic acids is 1. The summed E-state index contributed by atoms with van der Waals surface area (Å²) in [6.07, 6.45) is 3.49. The molecule has 0 saturated heterocycles. The molecule has 1 amide bonds. The van der Waals surface area contributed by atoms with E-state index in [0.29, 0.717) is 18.0 Å². The second-order valence-electron chi connectivity index (χ2n) is 5.42. The number of nitrogens with one attached hydrogen (secondary N) is 1. The number of rotatable bonds is 4. The van der Waals surface area contributed by atoms with Crippen LogP contribution in [-0.2, 0) is 0 Å². The summed E-state index contributed by atoms with van der Waals surface area (Å²) in [5.41, 5.74) is 0.166. The summed E-state index contributed by atoms with van der Waals surface area (Å²) in [6.45, 7) is 2.87. The van der Waals surface area contributed by atoms with Crippen LogP contribution in [0.2, 0.25) is 5.02 Å². The number of carbonyl (C=O) groups is 1. The Balaban J connectivity index is 1.95. The molecule has 1 fully saturated rings. The summed E-state index contributed by atoms with van der Waals surface area (Å²) in [7, 11) is 0. The van der Waals surface area contributed by atoms with Crippen molar-refractivity contribution >= 4 is 23.2 Å². The Morgan fingerprint density at radius 3 is 2.80 bits per heavy atom. The number of hydrogen-bond donors (Lipinski definition) is 1. The molecule has 2 atom stereocenters. The summed E-state index contributed by atoms with van der Waals surface area (Å²) >= 11 is 5.79. The first kappa shape index (κ1) is 14.8. The average Bonchev–Trinajstić information content (AvgIpc) is 2.81. The van der Waals surface area contributed by atoms with Crippen molar-refractivity contribution in [1.29, 1.82) is 0 Å². The molecule has 20 heavy (non-hydrogen) atoms. The normalized spacial score (nSPS) is 21.7. The number of nitro groups is 1. The maximum Gasteiger partial charge on any atom is 0.287 e. The minimum Gasteiger partial charge on any atom is -0.352 e. The van der Waals surface area contributed by atoms with Gasteiger partial charge in [0, 0.05) is 18.2 Å². The van der Waals surface area contributed by atoms with Crippen molar-refractivity contribution in [2.45, 2.75) is 26.2 Å². The molecule has 108 valence electrons. The fourth-order valence-corrected chi connectivity index (χ4v) is 2.90. The molecule has 0 bridgehead atoms. The molecule has 1 aromatic rings. The van der Waals surface area contributed by atoms with Gasteiger partial charge in [-0.3, -0.25) is 14.9 Å². The predicted molar refractivity (Wildman–Crippen MR) is 76.9 cm³/mol. The number of amides is 1. The SMILES string of the molecule is CC1CCC(CNC(=O)c2ccc([N+](=O)[O-])c(Cl)c2)C1. The number of hydrogen-bond acceptors (Lipinski definition) is 3. The summed E-state index contributed by atoms with van der Waals surface area (Å²) < 4.78 is 0. The van der Waals surface area contributed by atoms with E-state index in [-0.39, 0.29) is 16.6 Å². The topological polar surface area (TPSA) is 72.2 Å². The quantitative estimate of drug-likeness (QED) is 0.683. The molecule has 1 aromatic carbocycles. The lowest BCUT2D eigenvalue weighted by Crippen LogP contribution is -2.28. The predicted octanol–water partition coefficient (Wildman–Crippen LogP) is 3.41. The first-order valence-electron chi connectivity index (χ1n) is 6.69. The monoisotopic (exact) mass is 296 g/mol. The van der Waals surface area contributed by atoms with Crippen LogP contribution in [0.1, 0.15) is 36.5 Å². The molecule has 0 spiro atoms. The third-order valence-electron chi connectivity index (χ3n) is 3.76. The van der Waals surface area contributed by atoms with E-state index in [0.717, 1.165) is 18.8 Å². The molecule has 1 aliphatic carbocycles. The van der Waals surface area contributed by atoms with Gasteiger partial charge in [0.05, 0.1) is 4.92 Å². The Labute approximate surface area is 122 Å². The van der Waals surface area contributed by atoms with Gasteiger partial charge in [0.15, 0.2) is 0 Å². The molecule has 1 saturated carbocycles. The van der Waals surface area contributed by atoms with Gasteiger partial charge in [-0.1, -0.05) is 24.9 Å². The van der Waals surface area contributed by atoms with Crippen LogP contribution in [0.5, 0.6) is 0 Å². The zero-order valence-electron chi connectivity index (χ0n) is 11.3. The van der Waals surface area contributed by atoms with Crippen molar-refractivity contribution in [3.63, 3.8) is 0 Å². The molecule has 2 unspecified atom stereocenters. The van der Waals surface area contributed by atoms with Gasteiger partial charge in [-0.05, 0) is 36.8 Å². The lowest BCUT2D eigenvalue weighted by Gasteiger charge is -2.11. The lowest BCUT2D eigenvalue weighted by molar-refractivity contribution is -0.384. The van der Waals surface area contributed by atoms with Crippen molar-refractivity contribution in [3.05, 3.63) is 38.9 Å². The standard InChI is InChI=1S/C14H17ClN2O3/c1-9-2-3-10(6-9)8-16-14(18)11-4-5-13(17(19)20)12(15)7-11/h4-5,7,9-10H,2-3,6,8H2,1H3,(H,16,18). The maximum atomic E-state index is 12.0. The molecular formula is C14H17ClN2O3. The Kier molecular flexibility index (Phi) is 4.60. The third-order valence-corrected chi connectivity index (χ3v) is 4.06. The lowest BCUT2D eigenvalue weighted by atomic mass is 10.1. The van der Waals surface area contributed by atoms with Gasteiger partial charge in [-0.25, -0.2) is 0 Å². The van der Waals surface area contributed by atoms with Gasteiger partial charge in [-0.15, -0.1) is 0 Å². The van der Waals surface area contributed by atoms with E-state index in [1.54, 1.807) is 0 Å². The van der Waals surface area contributed by atoms with E-state index in [1.807, 2.05) is 0 Å². The van der Waals surface area contributed by atoms with Gasteiger partial charge in [0.1, 0.15) is 5.02 Å². The fourth-order valence-electron chi connectivity index (χ4n) is 2.65. The van der Waals surface area contributed by atoms with Crippen LogP contribution in [0.15, 0.2) is 18.2 Å². The second kappa shape index (κ2) is 6.22. The van der Waals surface area contributed by atoms with Gasteiger partial charge in [0.2, 0.25) is 0 Å². The van der Waals surface area contributed by atoms with E-state index in [9.17, 15) is 14.9 Å². The van der Waals surface area contributed by atoms with E-state index in [2.05, 4.69) is 12.2 Å². The molecule has 0 radical (unpaired) electrons. The van der Waals surface area contributed by atoms with Gasteiger partial charge in [-0.2, -0.15) is 0 Å².